The number of nitrogen functional groups attached to an aromatic ring is 1. The molecule has 1 amide bonds. The third-order valence-electron chi connectivity index (χ3n) is 6.54. The number of fused-ring (bicyclic) bond motifs is 1. The highest BCUT2D eigenvalue weighted by Gasteiger charge is 2.27. The number of carbonyl (C=O) groups excluding carboxylic acids is 1. The zero-order valence-corrected chi connectivity index (χ0v) is 19.4. The van der Waals surface area contributed by atoms with E-state index in [9.17, 15) is 4.79 Å². The summed E-state index contributed by atoms with van der Waals surface area (Å²) in [5.41, 5.74) is 7.47. The minimum absolute atomic E-state index is 0.160. The number of aryl methyl sites for hydroxylation is 1. The summed E-state index contributed by atoms with van der Waals surface area (Å²) in [7, 11) is 0. The van der Waals surface area contributed by atoms with Crippen LogP contribution in [-0.2, 0) is 17.8 Å². The van der Waals surface area contributed by atoms with Crippen LogP contribution in [0.2, 0.25) is 0 Å². The van der Waals surface area contributed by atoms with Crippen LogP contribution in [0.15, 0.2) is 54.7 Å². The van der Waals surface area contributed by atoms with E-state index in [1.165, 1.54) is 0 Å². The molecule has 1 fully saturated rings. The van der Waals surface area contributed by atoms with Crippen LogP contribution < -0.4 is 5.73 Å². The van der Waals surface area contributed by atoms with Crippen molar-refractivity contribution in [1.29, 1.82) is 0 Å². The Labute approximate surface area is 198 Å². The molecule has 8 nitrogen and oxygen atoms in total. The molecule has 8 heteroatoms. The van der Waals surface area contributed by atoms with Crippen molar-refractivity contribution < 1.29 is 4.79 Å². The molecular formula is C26H29N7O. The molecule has 5 rings (SSSR count). The Morgan fingerprint density at radius 3 is 2.71 bits per heavy atom. The number of rotatable bonds is 7. The number of benzene rings is 2. The van der Waals surface area contributed by atoms with Crippen molar-refractivity contribution >= 4 is 22.6 Å². The van der Waals surface area contributed by atoms with Gasteiger partial charge in [-0.05, 0) is 42.2 Å². The normalized spacial score (nSPS) is 14.0. The molecular weight excluding hydrogens is 426 g/mol. The van der Waals surface area contributed by atoms with Gasteiger partial charge in [-0.2, -0.15) is 5.10 Å². The van der Waals surface area contributed by atoms with Crippen molar-refractivity contribution in [2.24, 2.45) is 0 Å². The Hall–Kier alpha value is -3.81. The van der Waals surface area contributed by atoms with Gasteiger partial charge in [0.1, 0.15) is 11.5 Å². The number of carbonyl (C=O) groups is 1. The van der Waals surface area contributed by atoms with E-state index in [0.29, 0.717) is 36.9 Å². The van der Waals surface area contributed by atoms with Gasteiger partial charge in [-0.1, -0.05) is 55.3 Å². The molecule has 0 unspecified atom stereocenters. The summed E-state index contributed by atoms with van der Waals surface area (Å²) in [6.07, 6.45) is 6.43. The Bertz CT molecular complexity index is 1300. The molecule has 0 saturated heterocycles. The summed E-state index contributed by atoms with van der Waals surface area (Å²) >= 11 is 0. The highest BCUT2D eigenvalue weighted by Crippen LogP contribution is 2.26. The van der Waals surface area contributed by atoms with E-state index in [1.54, 1.807) is 12.3 Å². The predicted octanol–water partition coefficient (Wildman–Crippen LogP) is 3.79. The summed E-state index contributed by atoms with van der Waals surface area (Å²) in [5.74, 6) is 1.65. The zero-order chi connectivity index (χ0) is 23.5. The van der Waals surface area contributed by atoms with E-state index in [1.807, 2.05) is 29.8 Å². The summed E-state index contributed by atoms with van der Waals surface area (Å²) in [4.78, 5) is 28.5. The Balaban J connectivity index is 1.38. The van der Waals surface area contributed by atoms with E-state index in [-0.39, 0.29) is 17.9 Å². The van der Waals surface area contributed by atoms with Crippen LogP contribution in [0.4, 0.5) is 5.95 Å². The summed E-state index contributed by atoms with van der Waals surface area (Å²) in [6, 6.07) is 16.5. The monoisotopic (exact) mass is 455 g/mol. The average Bonchev–Trinajstić information content (AvgIpc) is 3.49. The lowest BCUT2D eigenvalue weighted by molar-refractivity contribution is -0.132. The Morgan fingerprint density at radius 2 is 1.88 bits per heavy atom. The highest BCUT2D eigenvalue weighted by molar-refractivity contribution is 5.90. The largest absolute Gasteiger partial charge is 0.368 e. The average molecular weight is 456 g/mol. The van der Waals surface area contributed by atoms with Crippen LogP contribution in [0.3, 0.4) is 0 Å². The number of amides is 1. The molecule has 4 aromatic rings. The van der Waals surface area contributed by atoms with E-state index in [2.05, 4.69) is 49.2 Å². The lowest BCUT2D eigenvalue weighted by Gasteiger charge is -2.29. The van der Waals surface area contributed by atoms with Crippen molar-refractivity contribution in [1.82, 2.24) is 29.6 Å². The van der Waals surface area contributed by atoms with Gasteiger partial charge in [-0.25, -0.2) is 19.6 Å². The molecule has 0 aliphatic heterocycles. The van der Waals surface area contributed by atoms with Crippen molar-refractivity contribution in [2.45, 2.75) is 51.6 Å². The molecule has 1 aliphatic carbocycles. The first-order chi connectivity index (χ1) is 16.6. The lowest BCUT2D eigenvalue weighted by Crippen LogP contribution is -2.42. The number of anilines is 1. The van der Waals surface area contributed by atoms with E-state index in [4.69, 9.17) is 5.73 Å². The summed E-state index contributed by atoms with van der Waals surface area (Å²) < 4.78 is 1.82. The van der Waals surface area contributed by atoms with Crippen LogP contribution in [0.25, 0.3) is 22.3 Å². The minimum Gasteiger partial charge on any atom is -0.368 e. The minimum atomic E-state index is 0.160. The lowest BCUT2D eigenvalue weighted by atomic mass is 10.0. The molecule has 0 spiro atoms. The first-order valence-corrected chi connectivity index (χ1v) is 11.8. The maximum Gasteiger partial charge on any atom is 0.227 e. The number of hydrogen-bond acceptors (Lipinski definition) is 6. The molecule has 2 N–H and O–H groups in total. The highest BCUT2D eigenvalue weighted by atomic mass is 16.2. The van der Waals surface area contributed by atoms with Gasteiger partial charge in [0.25, 0.3) is 0 Å². The first-order valence-electron chi connectivity index (χ1n) is 11.8. The van der Waals surface area contributed by atoms with Gasteiger partial charge < -0.3 is 10.6 Å². The van der Waals surface area contributed by atoms with Gasteiger partial charge in [0.2, 0.25) is 11.9 Å². The molecule has 174 valence electrons. The second-order valence-corrected chi connectivity index (χ2v) is 8.85. The first kappa shape index (κ1) is 22.0. The van der Waals surface area contributed by atoms with Gasteiger partial charge in [0, 0.05) is 18.8 Å². The fourth-order valence-electron chi connectivity index (χ4n) is 4.94. The van der Waals surface area contributed by atoms with E-state index >= 15 is 0 Å². The van der Waals surface area contributed by atoms with Crippen LogP contribution in [-0.4, -0.2) is 48.1 Å². The van der Waals surface area contributed by atoms with Gasteiger partial charge in [-0.15, -0.1) is 0 Å². The molecule has 34 heavy (non-hydrogen) atoms. The quantitative estimate of drug-likeness (QED) is 0.455. The van der Waals surface area contributed by atoms with Crippen molar-refractivity contribution in [2.75, 3.05) is 12.3 Å². The smallest absolute Gasteiger partial charge is 0.227 e. The van der Waals surface area contributed by atoms with Gasteiger partial charge in [-0.3, -0.25) is 4.79 Å². The van der Waals surface area contributed by atoms with E-state index < -0.39 is 0 Å². The standard InChI is InChI=1S/C26H29N7O/c1-18-29-25(23-13-14-28-26(27)30-23)33(31-18)16-15-32(21-10-3-4-11-21)24(34)17-20-9-6-8-19-7-2-5-12-22(19)20/h2,5-9,12-14,21H,3-4,10-11,15-17H2,1H3,(H2,27,28,30). The SMILES string of the molecule is Cc1nc(-c2ccnc(N)n2)n(CCN(C(=O)Cc2cccc3ccccc23)C2CCCC2)n1. The molecule has 2 heterocycles. The van der Waals surface area contributed by atoms with Crippen molar-refractivity contribution in [3.05, 3.63) is 66.1 Å². The van der Waals surface area contributed by atoms with Gasteiger partial charge >= 0.3 is 0 Å². The molecule has 0 atom stereocenters. The molecule has 1 aliphatic rings. The third kappa shape index (κ3) is 4.62. The summed E-state index contributed by atoms with van der Waals surface area (Å²) in [5, 5.41) is 6.86. The maximum absolute atomic E-state index is 13.6. The van der Waals surface area contributed by atoms with Gasteiger partial charge in [0.15, 0.2) is 5.82 Å². The molecule has 0 bridgehead atoms. The number of nitrogens with two attached hydrogens (primary N) is 1. The molecule has 1 saturated carbocycles. The van der Waals surface area contributed by atoms with Crippen LogP contribution >= 0.6 is 0 Å². The predicted molar refractivity (Wildman–Crippen MR) is 132 cm³/mol. The Morgan fingerprint density at radius 1 is 1.09 bits per heavy atom. The molecule has 0 radical (unpaired) electrons. The van der Waals surface area contributed by atoms with Crippen molar-refractivity contribution in [3.8, 4) is 11.5 Å². The fraction of sp³-hybridized carbons (Fsp3) is 0.346. The maximum atomic E-state index is 13.6. The number of nitrogens with zero attached hydrogens (tertiary/aromatic N) is 6. The van der Waals surface area contributed by atoms with Crippen LogP contribution in [0.5, 0.6) is 0 Å². The molecule has 2 aromatic heterocycles. The summed E-state index contributed by atoms with van der Waals surface area (Å²) in [6.45, 7) is 2.97. The zero-order valence-electron chi connectivity index (χ0n) is 19.4. The van der Waals surface area contributed by atoms with Crippen LogP contribution in [0, 0.1) is 6.92 Å². The topological polar surface area (TPSA) is 103 Å². The number of hydrogen-bond donors (Lipinski definition) is 1. The second-order valence-electron chi connectivity index (χ2n) is 8.85. The Kier molecular flexibility index (Phi) is 6.20. The van der Waals surface area contributed by atoms with Crippen LogP contribution in [0.1, 0.15) is 37.1 Å². The van der Waals surface area contributed by atoms with E-state index in [0.717, 1.165) is 42.0 Å². The fourth-order valence-corrected chi connectivity index (χ4v) is 4.94. The second kappa shape index (κ2) is 9.59. The number of aromatic nitrogens is 5. The van der Waals surface area contributed by atoms with Gasteiger partial charge in [0.05, 0.1) is 13.0 Å². The van der Waals surface area contributed by atoms with Crippen molar-refractivity contribution in [3.63, 3.8) is 0 Å². The molecule has 2 aromatic carbocycles. The third-order valence-corrected chi connectivity index (χ3v) is 6.54.